The monoisotopic (exact) mass is 255 g/mol. The lowest BCUT2D eigenvalue weighted by Crippen LogP contribution is -2.33. The van der Waals surface area contributed by atoms with Gasteiger partial charge in [-0.3, -0.25) is 4.79 Å². The molecular formula is C13H15F2NO2. The summed E-state index contributed by atoms with van der Waals surface area (Å²) in [4.78, 5) is 11.7. The van der Waals surface area contributed by atoms with Crippen LogP contribution in [0.25, 0.3) is 0 Å². The van der Waals surface area contributed by atoms with Gasteiger partial charge < -0.3 is 10.4 Å². The lowest BCUT2D eigenvalue weighted by Gasteiger charge is -2.11. The van der Waals surface area contributed by atoms with E-state index in [0.29, 0.717) is 6.07 Å². The smallest absolute Gasteiger partial charge is 0.254 e. The molecule has 98 valence electrons. The molecule has 1 aliphatic carbocycles. The van der Waals surface area contributed by atoms with E-state index in [2.05, 4.69) is 5.32 Å². The highest BCUT2D eigenvalue weighted by Gasteiger charge is 2.29. The van der Waals surface area contributed by atoms with Crippen LogP contribution in [0.4, 0.5) is 8.78 Å². The van der Waals surface area contributed by atoms with Crippen molar-refractivity contribution < 1.29 is 18.7 Å². The summed E-state index contributed by atoms with van der Waals surface area (Å²) in [6.45, 7) is 1.56. The maximum atomic E-state index is 13.4. The first-order valence-electron chi connectivity index (χ1n) is 5.91. The van der Waals surface area contributed by atoms with Crippen molar-refractivity contribution in [1.29, 1.82) is 0 Å². The van der Waals surface area contributed by atoms with Crippen molar-refractivity contribution in [3.63, 3.8) is 0 Å². The number of carbonyl (C=O) groups excluding carboxylic acids is 1. The Bertz CT molecular complexity index is 472. The van der Waals surface area contributed by atoms with Crippen molar-refractivity contribution in [3.05, 3.63) is 34.9 Å². The molecule has 18 heavy (non-hydrogen) atoms. The molecule has 2 rings (SSSR count). The number of benzene rings is 1. The van der Waals surface area contributed by atoms with Crippen molar-refractivity contribution in [2.45, 2.75) is 25.9 Å². The molecule has 1 aromatic rings. The number of carbonyl (C=O) groups is 1. The molecule has 5 heteroatoms. The second-order valence-corrected chi connectivity index (χ2v) is 4.70. The van der Waals surface area contributed by atoms with E-state index >= 15 is 0 Å². The molecule has 0 heterocycles. The summed E-state index contributed by atoms with van der Waals surface area (Å²) in [7, 11) is 0. The average Bonchev–Trinajstić information content (AvgIpc) is 3.14. The van der Waals surface area contributed by atoms with Crippen molar-refractivity contribution in [1.82, 2.24) is 5.32 Å². The minimum absolute atomic E-state index is 0.0966. The molecule has 1 fully saturated rings. The van der Waals surface area contributed by atoms with Gasteiger partial charge in [-0.25, -0.2) is 8.78 Å². The van der Waals surface area contributed by atoms with E-state index in [9.17, 15) is 18.7 Å². The van der Waals surface area contributed by atoms with E-state index in [-0.39, 0.29) is 23.6 Å². The van der Waals surface area contributed by atoms with Gasteiger partial charge in [0.25, 0.3) is 5.91 Å². The zero-order valence-corrected chi connectivity index (χ0v) is 10.0. The first-order chi connectivity index (χ1) is 8.49. The fourth-order valence-corrected chi connectivity index (χ4v) is 1.77. The van der Waals surface area contributed by atoms with Gasteiger partial charge in [0.15, 0.2) is 0 Å². The average molecular weight is 255 g/mol. The molecule has 1 aromatic carbocycles. The molecule has 1 aliphatic rings. The van der Waals surface area contributed by atoms with Gasteiger partial charge in [-0.15, -0.1) is 0 Å². The minimum atomic E-state index is -0.892. The molecule has 2 N–H and O–H groups in total. The third kappa shape index (κ3) is 2.85. The van der Waals surface area contributed by atoms with Crippen LogP contribution >= 0.6 is 0 Å². The molecule has 0 aliphatic heterocycles. The highest BCUT2D eigenvalue weighted by molar-refractivity contribution is 5.94. The highest BCUT2D eigenvalue weighted by atomic mass is 19.1. The molecule has 1 atom stereocenters. The summed E-state index contributed by atoms with van der Waals surface area (Å²) >= 11 is 0. The number of amides is 1. The topological polar surface area (TPSA) is 49.3 Å². The standard InChI is InChI=1S/C13H15F2NO2/c1-7-4-9(11(15)5-10(7)14)13(18)16-6-12(17)8-2-3-8/h4-5,8,12,17H,2-3,6H2,1H3,(H,16,18). The van der Waals surface area contributed by atoms with E-state index in [1.54, 1.807) is 0 Å². The van der Waals surface area contributed by atoms with Crippen LogP contribution in [-0.4, -0.2) is 23.7 Å². The summed E-state index contributed by atoms with van der Waals surface area (Å²) in [6.07, 6.45) is 1.33. The summed E-state index contributed by atoms with van der Waals surface area (Å²) in [5.74, 6) is -1.96. The van der Waals surface area contributed by atoms with Crippen LogP contribution in [0.3, 0.4) is 0 Å². The SMILES string of the molecule is Cc1cc(C(=O)NCC(O)C2CC2)c(F)cc1F. The normalized spacial score (nSPS) is 16.4. The predicted molar refractivity (Wildman–Crippen MR) is 62.2 cm³/mol. The quantitative estimate of drug-likeness (QED) is 0.861. The van der Waals surface area contributed by atoms with Crippen molar-refractivity contribution in [2.24, 2.45) is 5.92 Å². The fraction of sp³-hybridized carbons (Fsp3) is 0.462. The Morgan fingerprint density at radius 3 is 2.72 bits per heavy atom. The second kappa shape index (κ2) is 5.02. The van der Waals surface area contributed by atoms with Crippen LogP contribution in [0.5, 0.6) is 0 Å². The Balaban J connectivity index is 2.01. The van der Waals surface area contributed by atoms with Crippen LogP contribution in [0.2, 0.25) is 0 Å². The molecule has 0 radical (unpaired) electrons. The van der Waals surface area contributed by atoms with Crippen LogP contribution in [0.15, 0.2) is 12.1 Å². The predicted octanol–water partition coefficient (Wildman–Crippen LogP) is 1.77. The summed E-state index contributed by atoms with van der Waals surface area (Å²) in [5.41, 5.74) is 0.0150. The Morgan fingerprint density at radius 2 is 2.11 bits per heavy atom. The molecule has 1 unspecified atom stereocenters. The molecule has 1 amide bonds. The number of hydrogen-bond donors (Lipinski definition) is 2. The van der Waals surface area contributed by atoms with E-state index < -0.39 is 23.6 Å². The molecule has 0 aromatic heterocycles. The molecule has 0 spiro atoms. The Kier molecular flexibility index (Phi) is 3.61. The number of nitrogens with one attached hydrogen (secondary N) is 1. The Hall–Kier alpha value is -1.49. The molecular weight excluding hydrogens is 240 g/mol. The summed E-state index contributed by atoms with van der Waals surface area (Å²) in [6, 6.07) is 1.87. The maximum Gasteiger partial charge on any atom is 0.254 e. The number of aliphatic hydroxyl groups excluding tert-OH is 1. The molecule has 0 saturated heterocycles. The van der Waals surface area contributed by atoms with E-state index in [4.69, 9.17) is 0 Å². The van der Waals surface area contributed by atoms with Crippen LogP contribution < -0.4 is 5.32 Å². The number of rotatable bonds is 4. The summed E-state index contributed by atoms with van der Waals surface area (Å²) in [5, 5.41) is 12.0. The van der Waals surface area contributed by atoms with Crippen LogP contribution in [0.1, 0.15) is 28.8 Å². The third-order valence-corrected chi connectivity index (χ3v) is 3.13. The van der Waals surface area contributed by atoms with Gasteiger partial charge in [-0.05, 0) is 37.3 Å². The molecule has 3 nitrogen and oxygen atoms in total. The van der Waals surface area contributed by atoms with Gasteiger partial charge >= 0.3 is 0 Å². The first kappa shape index (κ1) is 13.0. The third-order valence-electron chi connectivity index (χ3n) is 3.13. The Morgan fingerprint density at radius 1 is 1.44 bits per heavy atom. The van der Waals surface area contributed by atoms with Crippen molar-refractivity contribution in [2.75, 3.05) is 6.54 Å². The second-order valence-electron chi connectivity index (χ2n) is 4.70. The largest absolute Gasteiger partial charge is 0.391 e. The number of aliphatic hydroxyl groups is 1. The van der Waals surface area contributed by atoms with E-state index in [1.165, 1.54) is 13.0 Å². The number of hydrogen-bond acceptors (Lipinski definition) is 2. The molecule has 0 bridgehead atoms. The summed E-state index contributed by atoms with van der Waals surface area (Å²) < 4.78 is 26.5. The van der Waals surface area contributed by atoms with Gasteiger partial charge in [0.05, 0.1) is 11.7 Å². The van der Waals surface area contributed by atoms with Gasteiger partial charge in [0.1, 0.15) is 11.6 Å². The van der Waals surface area contributed by atoms with Gasteiger partial charge in [-0.1, -0.05) is 0 Å². The van der Waals surface area contributed by atoms with E-state index in [0.717, 1.165) is 12.8 Å². The zero-order chi connectivity index (χ0) is 13.3. The Labute approximate surface area is 104 Å². The van der Waals surface area contributed by atoms with Crippen LogP contribution in [0, 0.1) is 24.5 Å². The zero-order valence-electron chi connectivity index (χ0n) is 10.0. The highest BCUT2D eigenvalue weighted by Crippen LogP contribution is 2.32. The van der Waals surface area contributed by atoms with Gasteiger partial charge in [-0.2, -0.15) is 0 Å². The lowest BCUT2D eigenvalue weighted by molar-refractivity contribution is 0.0897. The maximum absolute atomic E-state index is 13.4. The molecule has 1 saturated carbocycles. The van der Waals surface area contributed by atoms with Crippen molar-refractivity contribution >= 4 is 5.91 Å². The first-order valence-corrected chi connectivity index (χ1v) is 5.91. The van der Waals surface area contributed by atoms with E-state index in [1.807, 2.05) is 0 Å². The van der Waals surface area contributed by atoms with Gasteiger partial charge in [0.2, 0.25) is 0 Å². The number of aryl methyl sites for hydroxylation is 1. The fourth-order valence-electron chi connectivity index (χ4n) is 1.77. The van der Waals surface area contributed by atoms with Crippen LogP contribution in [-0.2, 0) is 0 Å². The lowest BCUT2D eigenvalue weighted by atomic mass is 10.1. The minimum Gasteiger partial charge on any atom is -0.391 e. The van der Waals surface area contributed by atoms with Gasteiger partial charge in [0, 0.05) is 12.6 Å². The number of halogens is 2. The van der Waals surface area contributed by atoms with Crippen molar-refractivity contribution in [3.8, 4) is 0 Å².